The largest absolute Gasteiger partial charge is 0.487 e. The molecule has 0 amide bonds. The molecule has 0 aliphatic rings. The molecule has 4 heteroatoms. The van der Waals surface area contributed by atoms with Crippen molar-refractivity contribution in [3.63, 3.8) is 0 Å². The molecule has 0 aliphatic carbocycles. The second-order valence-electron chi connectivity index (χ2n) is 2.68. The molecule has 1 aromatic rings. The van der Waals surface area contributed by atoms with Gasteiger partial charge in [0.15, 0.2) is 5.75 Å². The van der Waals surface area contributed by atoms with Crippen LogP contribution in [0.2, 0.25) is 0 Å². The summed E-state index contributed by atoms with van der Waals surface area (Å²) in [6.07, 6.45) is -2.52. The zero-order chi connectivity index (χ0) is 9.84. The molecule has 1 rings (SSSR count). The molecule has 1 radical (unpaired) electrons. The molecule has 13 heavy (non-hydrogen) atoms. The van der Waals surface area contributed by atoms with Crippen molar-refractivity contribution in [1.82, 2.24) is 0 Å². The lowest BCUT2D eigenvalue weighted by Gasteiger charge is -2.05. The van der Waals surface area contributed by atoms with E-state index in [1.54, 1.807) is 13.0 Å². The highest BCUT2D eigenvalue weighted by Gasteiger charge is 2.04. The normalized spacial score (nSPS) is 10.5. The SMILES string of the molecule is Cc1cc([O])cc(OCC(F)F)c1. The van der Waals surface area contributed by atoms with E-state index >= 15 is 0 Å². The van der Waals surface area contributed by atoms with Crippen LogP contribution in [0.5, 0.6) is 11.5 Å². The molecule has 0 atom stereocenters. The smallest absolute Gasteiger partial charge is 0.272 e. The van der Waals surface area contributed by atoms with Gasteiger partial charge in [-0.1, -0.05) is 0 Å². The van der Waals surface area contributed by atoms with Crippen LogP contribution < -0.4 is 4.74 Å². The first-order valence-corrected chi connectivity index (χ1v) is 3.77. The molecule has 1 aromatic carbocycles. The van der Waals surface area contributed by atoms with Gasteiger partial charge in [-0.2, -0.15) is 0 Å². The first-order valence-electron chi connectivity index (χ1n) is 3.77. The first kappa shape index (κ1) is 9.77. The third-order valence-electron chi connectivity index (χ3n) is 1.40. The average molecular weight is 187 g/mol. The van der Waals surface area contributed by atoms with E-state index in [9.17, 15) is 13.9 Å². The monoisotopic (exact) mass is 187 g/mol. The number of halogens is 2. The van der Waals surface area contributed by atoms with Gasteiger partial charge in [0.05, 0.1) is 0 Å². The van der Waals surface area contributed by atoms with Crippen molar-refractivity contribution >= 4 is 0 Å². The van der Waals surface area contributed by atoms with Crippen molar-refractivity contribution in [2.24, 2.45) is 0 Å². The number of aryl methyl sites for hydroxylation is 1. The quantitative estimate of drug-likeness (QED) is 0.715. The lowest BCUT2D eigenvalue weighted by atomic mass is 10.2. The van der Waals surface area contributed by atoms with Gasteiger partial charge < -0.3 is 4.74 Å². The molecular formula is C9H9F2O2. The van der Waals surface area contributed by atoms with E-state index < -0.39 is 13.0 Å². The average Bonchev–Trinajstić information content (AvgIpc) is 1.99. The summed E-state index contributed by atoms with van der Waals surface area (Å²) in [5.41, 5.74) is 0.705. The summed E-state index contributed by atoms with van der Waals surface area (Å²) in [7, 11) is 0. The maximum Gasteiger partial charge on any atom is 0.272 e. The Labute approximate surface area is 74.8 Å². The second kappa shape index (κ2) is 4.07. The van der Waals surface area contributed by atoms with Crippen LogP contribution in [0, 0.1) is 6.92 Å². The molecule has 0 N–H and O–H groups in total. The fourth-order valence-corrected chi connectivity index (χ4v) is 0.957. The minimum Gasteiger partial charge on any atom is -0.487 e. The van der Waals surface area contributed by atoms with Crippen LogP contribution in [0.25, 0.3) is 0 Å². The highest BCUT2D eigenvalue weighted by Crippen LogP contribution is 2.21. The van der Waals surface area contributed by atoms with E-state index in [1.165, 1.54) is 12.1 Å². The zero-order valence-electron chi connectivity index (χ0n) is 7.09. The Bertz CT molecular complexity index is 267. The fraction of sp³-hybridized carbons (Fsp3) is 0.333. The maximum atomic E-state index is 11.7. The number of benzene rings is 1. The van der Waals surface area contributed by atoms with Crippen molar-refractivity contribution < 1.29 is 18.6 Å². The van der Waals surface area contributed by atoms with Crippen molar-refractivity contribution in [3.8, 4) is 11.5 Å². The molecule has 2 nitrogen and oxygen atoms in total. The number of hydrogen-bond donors (Lipinski definition) is 0. The van der Waals surface area contributed by atoms with Gasteiger partial charge in [0.25, 0.3) is 6.43 Å². The summed E-state index contributed by atoms with van der Waals surface area (Å²) in [6.45, 7) is 1.03. The predicted molar refractivity (Wildman–Crippen MR) is 42.8 cm³/mol. The minimum atomic E-state index is -2.52. The molecule has 0 spiro atoms. The van der Waals surface area contributed by atoms with Crippen LogP contribution in [0.3, 0.4) is 0 Å². The number of hydrogen-bond acceptors (Lipinski definition) is 1. The second-order valence-corrected chi connectivity index (χ2v) is 2.68. The number of alkyl halides is 2. The molecule has 0 heterocycles. The molecule has 0 unspecified atom stereocenters. The molecule has 0 aromatic heterocycles. The summed E-state index contributed by atoms with van der Waals surface area (Å²) < 4.78 is 28.1. The van der Waals surface area contributed by atoms with Crippen LogP contribution in [0.15, 0.2) is 18.2 Å². The number of rotatable bonds is 3. The number of ether oxygens (including phenoxy) is 1. The molecular weight excluding hydrogens is 178 g/mol. The van der Waals surface area contributed by atoms with Crippen LogP contribution in [-0.4, -0.2) is 13.0 Å². The van der Waals surface area contributed by atoms with Gasteiger partial charge in [-0.3, -0.25) is 5.11 Å². The van der Waals surface area contributed by atoms with E-state index in [0.717, 1.165) is 0 Å². The fourth-order valence-electron chi connectivity index (χ4n) is 0.957. The van der Waals surface area contributed by atoms with Gasteiger partial charge in [-0.25, -0.2) is 8.78 Å². The Kier molecular flexibility index (Phi) is 3.06. The predicted octanol–water partition coefficient (Wildman–Crippen LogP) is 2.78. The third kappa shape index (κ3) is 3.27. The van der Waals surface area contributed by atoms with Gasteiger partial charge in [-0.15, -0.1) is 0 Å². The van der Waals surface area contributed by atoms with Crippen LogP contribution in [0.1, 0.15) is 5.56 Å². The lowest BCUT2D eigenvalue weighted by molar-refractivity contribution is 0.0816. The molecule has 71 valence electrons. The van der Waals surface area contributed by atoms with Gasteiger partial charge in [0, 0.05) is 6.07 Å². The topological polar surface area (TPSA) is 29.1 Å². The Balaban J connectivity index is 2.66. The Hall–Kier alpha value is -1.32. The van der Waals surface area contributed by atoms with Gasteiger partial charge in [0.2, 0.25) is 0 Å². The zero-order valence-corrected chi connectivity index (χ0v) is 7.09. The molecule has 0 bridgehead atoms. The minimum absolute atomic E-state index is 0.199. The van der Waals surface area contributed by atoms with E-state index in [1.807, 2.05) is 0 Å². The van der Waals surface area contributed by atoms with Gasteiger partial charge >= 0.3 is 0 Å². The van der Waals surface area contributed by atoms with Crippen LogP contribution in [0.4, 0.5) is 8.78 Å². The molecule has 0 saturated heterocycles. The van der Waals surface area contributed by atoms with E-state index in [0.29, 0.717) is 5.56 Å². The summed E-state index contributed by atoms with van der Waals surface area (Å²) in [6, 6.07) is 4.15. The van der Waals surface area contributed by atoms with Crippen molar-refractivity contribution in [2.45, 2.75) is 13.3 Å². The molecule has 0 aliphatic heterocycles. The van der Waals surface area contributed by atoms with Gasteiger partial charge in [-0.05, 0) is 24.6 Å². The summed E-state index contributed by atoms with van der Waals surface area (Å²) in [5, 5.41) is 10.9. The van der Waals surface area contributed by atoms with Crippen molar-refractivity contribution in [3.05, 3.63) is 23.8 Å². The summed E-state index contributed by atoms with van der Waals surface area (Å²) in [4.78, 5) is 0. The van der Waals surface area contributed by atoms with Gasteiger partial charge in [0.1, 0.15) is 12.4 Å². The highest BCUT2D eigenvalue weighted by atomic mass is 19.3. The van der Waals surface area contributed by atoms with E-state index in [2.05, 4.69) is 4.74 Å². The maximum absolute atomic E-state index is 11.7. The Morgan fingerprint density at radius 1 is 1.38 bits per heavy atom. The molecule has 0 fully saturated rings. The summed E-state index contributed by atoms with van der Waals surface area (Å²) in [5.74, 6) is -0.0328. The van der Waals surface area contributed by atoms with Crippen LogP contribution >= 0.6 is 0 Å². The Morgan fingerprint density at radius 3 is 2.62 bits per heavy atom. The van der Waals surface area contributed by atoms with Crippen molar-refractivity contribution in [2.75, 3.05) is 6.61 Å². The molecule has 0 saturated carbocycles. The van der Waals surface area contributed by atoms with Crippen molar-refractivity contribution in [1.29, 1.82) is 0 Å². The van der Waals surface area contributed by atoms with E-state index in [-0.39, 0.29) is 11.5 Å². The first-order chi connectivity index (χ1) is 6.08. The third-order valence-corrected chi connectivity index (χ3v) is 1.40. The van der Waals surface area contributed by atoms with E-state index in [4.69, 9.17) is 0 Å². The Morgan fingerprint density at radius 2 is 2.08 bits per heavy atom. The lowest BCUT2D eigenvalue weighted by Crippen LogP contribution is -2.06. The van der Waals surface area contributed by atoms with Crippen LogP contribution in [-0.2, 0) is 5.11 Å². The highest BCUT2D eigenvalue weighted by molar-refractivity contribution is 5.36. The standard InChI is InChI=1S/C9H9F2O2/c1-6-2-7(12)4-8(3-6)13-5-9(10)11/h2-4,9H,5H2,1H3. The summed E-state index contributed by atoms with van der Waals surface area (Å²) >= 11 is 0.